The maximum Gasteiger partial charge on any atom is 0.283 e. The molecule has 0 saturated carbocycles. The number of benzene rings is 1. The first-order valence-electron chi connectivity index (χ1n) is 12.7. The van der Waals surface area contributed by atoms with Gasteiger partial charge in [0.15, 0.2) is 23.3 Å². The summed E-state index contributed by atoms with van der Waals surface area (Å²) in [4.78, 5) is 0. The van der Waals surface area contributed by atoms with Gasteiger partial charge in [-0.05, 0) is 39.5 Å². The van der Waals surface area contributed by atoms with Crippen molar-refractivity contribution in [3.8, 4) is 0 Å². The molecule has 0 fully saturated rings. The highest BCUT2D eigenvalue weighted by atomic mass is 19.2. The summed E-state index contributed by atoms with van der Waals surface area (Å²) in [5.41, 5.74) is -0.764. The zero-order valence-corrected chi connectivity index (χ0v) is 20.8. The van der Waals surface area contributed by atoms with Gasteiger partial charge in [-0.3, -0.25) is 0 Å². The summed E-state index contributed by atoms with van der Waals surface area (Å²) in [6.45, 7) is 6.39. The number of hydrogen-bond acceptors (Lipinski definition) is 3. The fourth-order valence-electron chi connectivity index (χ4n) is 4.29. The van der Waals surface area contributed by atoms with Gasteiger partial charge >= 0.3 is 0 Å². The van der Waals surface area contributed by atoms with Crippen LogP contribution in [-0.2, 0) is 15.9 Å². The first-order valence-corrected chi connectivity index (χ1v) is 12.7. The van der Waals surface area contributed by atoms with Crippen molar-refractivity contribution in [2.45, 2.75) is 110 Å². The summed E-state index contributed by atoms with van der Waals surface area (Å²) in [6, 6.07) is 0. The van der Waals surface area contributed by atoms with Gasteiger partial charge in [0, 0.05) is 24.7 Å². The molecule has 3 nitrogen and oxygen atoms in total. The Morgan fingerprint density at radius 1 is 0.618 bits per heavy atom. The molecule has 0 saturated heterocycles. The van der Waals surface area contributed by atoms with E-state index < -0.39 is 40.6 Å². The van der Waals surface area contributed by atoms with E-state index in [9.17, 15) is 27.1 Å². The molecule has 1 N–H and O–H groups in total. The molecular formula is C26H41F5O3. The highest BCUT2D eigenvalue weighted by molar-refractivity contribution is 5.24. The number of halogens is 5. The van der Waals surface area contributed by atoms with Crippen LogP contribution in [0.25, 0.3) is 0 Å². The number of unbranched alkanes of at least 4 members (excludes halogenated alkanes) is 8. The minimum atomic E-state index is -2.13. The first-order chi connectivity index (χ1) is 16.2. The molecule has 0 aliphatic heterocycles. The molecule has 0 heterocycles. The van der Waals surface area contributed by atoms with Crippen LogP contribution < -0.4 is 0 Å². The summed E-state index contributed by atoms with van der Waals surface area (Å²) in [7, 11) is 0. The van der Waals surface area contributed by atoms with Crippen molar-refractivity contribution >= 4 is 0 Å². The van der Waals surface area contributed by atoms with Crippen LogP contribution in [0.4, 0.5) is 22.0 Å². The fraction of sp³-hybridized carbons (Fsp3) is 0.769. The molecule has 8 heteroatoms. The van der Waals surface area contributed by atoms with E-state index in [2.05, 4.69) is 6.92 Å². The van der Waals surface area contributed by atoms with E-state index in [-0.39, 0.29) is 12.3 Å². The summed E-state index contributed by atoms with van der Waals surface area (Å²) >= 11 is 0. The zero-order valence-electron chi connectivity index (χ0n) is 20.8. The van der Waals surface area contributed by atoms with Crippen LogP contribution in [-0.4, -0.2) is 24.3 Å². The van der Waals surface area contributed by atoms with Crippen molar-refractivity contribution in [2.75, 3.05) is 13.2 Å². The summed E-state index contributed by atoms with van der Waals surface area (Å²) < 4.78 is 78.6. The Morgan fingerprint density at radius 2 is 1.03 bits per heavy atom. The lowest BCUT2D eigenvalue weighted by Crippen LogP contribution is -2.44. The summed E-state index contributed by atoms with van der Waals surface area (Å²) in [6.07, 6.45) is 10.2. The quantitative estimate of drug-likeness (QED) is 0.0694. The minimum absolute atomic E-state index is 0.214. The molecule has 34 heavy (non-hydrogen) atoms. The molecule has 198 valence electrons. The molecule has 1 rings (SSSR count). The number of ether oxygens (including phenoxy) is 2. The number of aliphatic hydroxyl groups is 1. The molecule has 1 unspecified atom stereocenters. The van der Waals surface area contributed by atoms with E-state index in [1.165, 1.54) is 19.3 Å². The normalized spacial score (nSPS) is 13.0. The van der Waals surface area contributed by atoms with Crippen LogP contribution in [0, 0.1) is 35.0 Å². The molecule has 0 aliphatic rings. The molecule has 0 amide bonds. The topological polar surface area (TPSA) is 38.7 Å². The fourth-order valence-corrected chi connectivity index (χ4v) is 4.29. The van der Waals surface area contributed by atoms with E-state index >= 15 is 0 Å². The van der Waals surface area contributed by atoms with Gasteiger partial charge in [-0.15, -0.1) is 0 Å². The van der Waals surface area contributed by atoms with E-state index in [0.717, 1.165) is 32.1 Å². The molecule has 1 aromatic carbocycles. The smallest absolute Gasteiger partial charge is 0.283 e. The van der Waals surface area contributed by atoms with Gasteiger partial charge in [0.25, 0.3) is 5.97 Å². The molecular weight excluding hydrogens is 455 g/mol. The molecule has 0 aliphatic carbocycles. The van der Waals surface area contributed by atoms with Crippen molar-refractivity contribution in [1.82, 2.24) is 0 Å². The first kappa shape index (κ1) is 30.8. The van der Waals surface area contributed by atoms with Gasteiger partial charge in [-0.2, -0.15) is 0 Å². The Hall–Kier alpha value is -1.25. The molecule has 0 radical (unpaired) electrons. The predicted octanol–water partition coefficient (Wildman–Crippen LogP) is 7.96. The summed E-state index contributed by atoms with van der Waals surface area (Å²) in [5.74, 6) is -11.3. The Kier molecular flexibility index (Phi) is 14.9. The predicted molar refractivity (Wildman–Crippen MR) is 123 cm³/mol. The van der Waals surface area contributed by atoms with Crippen molar-refractivity contribution in [3.63, 3.8) is 0 Å². The zero-order chi connectivity index (χ0) is 25.6. The Bertz CT molecular complexity index is 679. The van der Waals surface area contributed by atoms with Crippen molar-refractivity contribution in [3.05, 3.63) is 34.6 Å². The molecule has 0 aromatic heterocycles. The van der Waals surface area contributed by atoms with Gasteiger partial charge in [0.1, 0.15) is 0 Å². The van der Waals surface area contributed by atoms with Gasteiger partial charge in [0.2, 0.25) is 5.82 Å². The van der Waals surface area contributed by atoms with E-state index in [4.69, 9.17) is 9.47 Å². The second kappa shape index (κ2) is 16.4. The van der Waals surface area contributed by atoms with Crippen molar-refractivity contribution in [1.29, 1.82) is 0 Å². The standard InChI is InChI=1S/C26H41F5O3/c1-4-7-8-9-10-13-16-19(26(32,33-5-2)34-6-3)17-14-11-12-15-18-20-21(27)23(29)25(31)24(30)22(20)28/h19,32H,4-18H2,1-3H3. The lowest BCUT2D eigenvalue weighted by molar-refractivity contribution is -0.385. The average molecular weight is 497 g/mol. The van der Waals surface area contributed by atoms with E-state index in [1.807, 2.05) is 0 Å². The maximum atomic E-state index is 13.8. The van der Waals surface area contributed by atoms with Crippen LogP contribution >= 0.6 is 0 Å². The lowest BCUT2D eigenvalue weighted by atomic mass is 9.91. The minimum Gasteiger partial charge on any atom is -0.343 e. The van der Waals surface area contributed by atoms with Crippen LogP contribution in [0.3, 0.4) is 0 Å². The molecule has 1 atom stereocenters. The highest BCUT2D eigenvalue weighted by Gasteiger charge is 2.38. The van der Waals surface area contributed by atoms with Gasteiger partial charge in [0.05, 0.1) is 0 Å². The maximum absolute atomic E-state index is 13.8. The van der Waals surface area contributed by atoms with Crippen LogP contribution in [0.1, 0.15) is 103 Å². The Labute approximate surface area is 201 Å². The van der Waals surface area contributed by atoms with E-state index in [1.54, 1.807) is 13.8 Å². The SMILES string of the molecule is CCCCCCCCC(CCCCCCc1c(F)c(F)c(F)c(F)c1F)C(O)(OCC)OCC. The third-order valence-electron chi connectivity index (χ3n) is 6.15. The number of hydrogen-bond donors (Lipinski definition) is 1. The Morgan fingerprint density at radius 3 is 1.50 bits per heavy atom. The highest BCUT2D eigenvalue weighted by Crippen LogP contribution is 2.32. The average Bonchev–Trinajstić information content (AvgIpc) is 2.81. The molecule has 0 bridgehead atoms. The molecule has 0 spiro atoms. The third kappa shape index (κ3) is 9.42. The van der Waals surface area contributed by atoms with Gasteiger partial charge in [-0.25, -0.2) is 22.0 Å². The third-order valence-corrected chi connectivity index (χ3v) is 6.15. The second-order valence-electron chi connectivity index (χ2n) is 8.75. The van der Waals surface area contributed by atoms with Crippen LogP contribution in [0.2, 0.25) is 0 Å². The monoisotopic (exact) mass is 496 g/mol. The van der Waals surface area contributed by atoms with Gasteiger partial charge < -0.3 is 14.6 Å². The van der Waals surface area contributed by atoms with Crippen LogP contribution in [0.15, 0.2) is 0 Å². The lowest BCUT2D eigenvalue weighted by Gasteiger charge is -2.35. The van der Waals surface area contributed by atoms with Crippen molar-refractivity contribution < 1.29 is 36.5 Å². The largest absolute Gasteiger partial charge is 0.343 e. The summed E-state index contributed by atoms with van der Waals surface area (Å²) in [5, 5.41) is 11.0. The van der Waals surface area contributed by atoms with E-state index in [0.29, 0.717) is 38.9 Å². The Balaban J connectivity index is 2.58. The number of rotatable bonds is 19. The van der Waals surface area contributed by atoms with Gasteiger partial charge in [-0.1, -0.05) is 64.7 Å². The van der Waals surface area contributed by atoms with Crippen molar-refractivity contribution in [2.24, 2.45) is 5.92 Å². The van der Waals surface area contributed by atoms with Crippen LogP contribution in [0.5, 0.6) is 0 Å². The molecule has 1 aromatic rings. The second-order valence-corrected chi connectivity index (χ2v) is 8.75.